The first-order valence-electron chi connectivity index (χ1n) is 15.2. The van der Waals surface area contributed by atoms with Crippen molar-refractivity contribution < 1.29 is 14.3 Å². The van der Waals surface area contributed by atoms with Crippen LogP contribution in [0.2, 0.25) is 10.0 Å². The molecule has 2 amide bonds. The summed E-state index contributed by atoms with van der Waals surface area (Å²) < 4.78 is 5.23. The number of nitrogens with zero attached hydrogens (tertiary/aromatic N) is 3. The molecular weight excluding hydrogens is 581 g/mol. The number of halogens is 2. The van der Waals surface area contributed by atoms with Crippen LogP contribution in [-0.2, 0) is 4.74 Å². The third kappa shape index (κ3) is 9.54. The Labute approximate surface area is 266 Å². The molecule has 230 valence electrons. The van der Waals surface area contributed by atoms with Crippen molar-refractivity contribution in [2.75, 3.05) is 53.5 Å². The van der Waals surface area contributed by atoms with Crippen LogP contribution in [0.1, 0.15) is 64.3 Å². The summed E-state index contributed by atoms with van der Waals surface area (Å²) in [4.78, 5) is 33.0. The molecule has 0 spiro atoms. The minimum atomic E-state index is 0.000138. The van der Waals surface area contributed by atoms with E-state index in [1.165, 1.54) is 0 Å². The maximum Gasteiger partial charge on any atom is 0.254 e. The number of benzene rings is 3. The Hall–Kier alpha value is -2.90. The van der Waals surface area contributed by atoms with E-state index in [9.17, 15) is 9.59 Å². The van der Waals surface area contributed by atoms with E-state index in [0.29, 0.717) is 28.8 Å². The van der Waals surface area contributed by atoms with Gasteiger partial charge in [0.15, 0.2) is 0 Å². The largest absolute Gasteiger partial charge is 0.385 e. The lowest BCUT2D eigenvalue weighted by atomic mass is 9.93. The van der Waals surface area contributed by atoms with Crippen molar-refractivity contribution in [3.63, 3.8) is 0 Å². The smallest absolute Gasteiger partial charge is 0.254 e. The summed E-state index contributed by atoms with van der Waals surface area (Å²) in [7, 11) is 3.57. The number of unbranched alkanes of at least 4 members (excludes halogenated alkanes) is 1. The SMILES string of the molecule is COCCCCN(C(=O)c1ccccc1)C1CCN(CCC(CN(C)C(=O)c2ccccc2)c2ccc(Cl)c(Cl)c2)CC1. The fraction of sp³-hybridized carbons (Fsp3) is 0.429. The number of carbonyl (C=O) groups is 2. The molecule has 1 saturated heterocycles. The monoisotopic (exact) mass is 623 g/mol. The number of likely N-dealkylation sites (N-methyl/N-ethyl adjacent to an activating group) is 1. The molecule has 0 N–H and O–H groups in total. The summed E-state index contributed by atoms with van der Waals surface area (Å²) in [5, 5.41) is 1.05. The van der Waals surface area contributed by atoms with Crippen LogP contribution in [-0.4, -0.2) is 86.0 Å². The van der Waals surface area contributed by atoms with E-state index in [4.69, 9.17) is 27.9 Å². The molecule has 3 aromatic carbocycles. The highest BCUT2D eigenvalue weighted by Crippen LogP contribution is 2.30. The summed E-state index contributed by atoms with van der Waals surface area (Å²) in [6.45, 7) is 4.76. The Kier molecular flexibility index (Phi) is 12.9. The predicted molar refractivity (Wildman–Crippen MR) is 175 cm³/mol. The maximum absolute atomic E-state index is 13.5. The molecule has 0 bridgehead atoms. The molecule has 3 aromatic rings. The van der Waals surface area contributed by atoms with Crippen molar-refractivity contribution >= 4 is 35.0 Å². The zero-order chi connectivity index (χ0) is 30.6. The predicted octanol–water partition coefficient (Wildman–Crippen LogP) is 7.27. The average Bonchev–Trinajstić information content (AvgIpc) is 3.05. The second-order valence-corrected chi connectivity index (χ2v) is 12.2. The van der Waals surface area contributed by atoms with Gasteiger partial charge in [-0.3, -0.25) is 9.59 Å². The Morgan fingerprint density at radius 1 is 0.884 bits per heavy atom. The van der Waals surface area contributed by atoms with Crippen LogP contribution >= 0.6 is 23.2 Å². The van der Waals surface area contributed by atoms with Gasteiger partial charge >= 0.3 is 0 Å². The number of methoxy groups -OCH3 is 1. The minimum Gasteiger partial charge on any atom is -0.385 e. The average molecular weight is 625 g/mol. The number of amides is 2. The van der Waals surface area contributed by atoms with Gasteiger partial charge in [0.25, 0.3) is 11.8 Å². The lowest BCUT2D eigenvalue weighted by molar-refractivity contribution is 0.0555. The molecule has 0 aliphatic carbocycles. The fourth-order valence-corrected chi connectivity index (χ4v) is 6.17. The van der Waals surface area contributed by atoms with Gasteiger partial charge in [0.1, 0.15) is 0 Å². The van der Waals surface area contributed by atoms with E-state index < -0.39 is 0 Å². The van der Waals surface area contributed by atoms with E-state index >= 15 is 0 Å². The van der Waals surface area contributed by atoms with Crippen LogP contribution in [0.15, 0.2) is 78.9 Å². The summed E-state index contributed by atoms with van der Waals surface area (Å²) in [6.07, 6.45) is 4.61. The van der Waals surface area contributed by atoms with E-state index in [1.807, 2.05) is 85.9 Å². The number of carbonyl (C=O) groups excluding carboxylic acids is 2. The summed E-state index contributed by atoms with van der Waals surface area (Å²) >= 11 is 12.6. The van der Waals surface area contributed by atoms with Crippen molar-refractivity contribution in [2.45, 2.75) is 44.1 Å². The molecule has 1 aliphatic heterocycles. The molecule has 43 heavy (non-hydrogen) atoms. The molecule has 0 radical (unpaired) electrons. The molecule has 1 atom stereocenters. The Morgan fingerprint density at radius 2 is 1.51 bits per heavy atom. The highest BCUT2D eigenvalue weighted by molar-refractivity contribution is 6.42. The number of ether oxygens (including phenoxy) is 1. The van der Waals surface area contributed by atoms with Gasteiger partial charge in [-0.2, -0.15) is 0 Å². The molecule has 0 saturated carbocycles. The van der Waals surface area contributed by atoms with Gasteiger partial charge in [-0.05, 0) is 80.6 Å². The number of hydrogen-bond donors (Lipinski definition) is 0. The number of likely N-dealkylation sites (tertiary alicyclic amines) is 1. The van der Waals surface area contributed by atoms with Gasteiger partial charge in [0.05, 0.1) is 10.0 Å². The molecule has 4 rings (SSSR count). The van der Waals surface area contributed by atoms with E-state index in [1.54, 1.807) is 12.0 Å². The Bertz CT molecular complexity index is 1300. The van der Waals surface area contributed by atoms with Gasteiger partial charge in [0.2, 0.25) is 0 Å². The summed E-state index contributed by atoms with van der Waals surface area (Å²) in [5.74, 6) is 0.213. The van der Waals surface area contributed by atoms with Crippen LogP contribution in [0.3, 0.4) is 0 Å². The molecule has 8 heteroatoms. The molecule has 1 heterocycles. The summed E-state index contributed by atoms with van der Waals surface area (Å²) in [6, 6.07) is 25.0. The van der Waals surface area contributed by atoms with Crippen molar-refractivity contribution in [1.82, 2.24) is 14.7 Å². The minimum absolute atomic E-state index is 0.000138. The molecule has 1 unspecified atom stereocenters. The molecule has 0 aromatic heterocycles. The Morgan fingerprint density at radius 3 is 2.12 bits per heavy atom. The maximum atomic E-state index is 13.5. The molecule has 1 aliphatic rings. The fourth-order valence-electron chi connectivity index (χ4n) is 5.86. The molecular formula is C35H43Cl2N3O3. The highest BCUT2D eigenvalue weighted by Gasteiger charge is 2.29. The second kappa shape index (κ2) is 16.8. The van der Waals surface area contributed by atoms with Crippen LogP contribution < -0.4 is 0 Å². The van der Waals surface area contributed by atoms with Crippen molar-refractivity contribution in [2.24, 2.45) is 0 Å². The van der Waals surface area contributed by atoms with Crippen LogP contribution in [0.5, 0.6) is 0 Å². The van der Waals surface area contributed by atoms with Crippen LogP contribution in [0, 0.1) is 0 Å². The van der Waals surface area contributed by atoms with Gasteiger partial charge in [-0.1, -0.05) is 65.7 Å². The molecule has 6 nitrogen and oxygen atoms in total. The highest BCUT2D eigenvalue weighted by atomic mass is 35.5. The quantitative estimate of drug-likeness (QED) is 0.177. The zero-order valence-corrected chi connectivity index (χ0v) is 26.8. The van der Waals surface area contributed by atoms with Gasteiger partial charge in [0, 0.05) is 70.0 Å². The summed E-state index contributed by atoms with van der Waals surface area (Å²) in [5.41, 5.74) is 2.50. The van der Waals surface area contributed by atoms with Gasteiger partial charge in [-0.15, -0.1) is 0 Å². The lowest BCUT2D eigenvalue weighted by Gasteiger charge is -2.39. The van der Waals surface area contributed by atoms with E-state index in [-0.39, 0.29) is 23.8 Å². The first-order chi connectivity index (χ1) is 20.9. The number of piperidine rings is 1. The van der Waals surface area contributed by atoms with Gasteiger partial charge in [-0.25, -0.2) is 0 Å². The van der Waals surface area contributed by atoms with Crippen LogP contribution in [0.4, 0.5) is 0 Å². The lowest BCUT2D eigenvalue weighted by Crippen LogP contribution is -2.48. The first-order valence-corrected chi connectivity index (χ1v) is 16.0. The van der Waals surface area contributed by atoms with Crippen LogP contribution in [0.25, 0.3) is 0 Å². The Balaban J connectivity index is 1.39. The normalized spacial score (nSPS) is 14.8. The van der Waals surface area contributed by atoms with E-state index in [2.05, 4.69) is 9.80 Å². The zero-order valence-electron chi connectivity index (χ0n) is 25.3. The van der Waals surface area contributed by atoms with E-state index in [0.717, 1.165) is 69.4 Å². The van der Waals surface area contributed by atoms with Crippen molar-refractivity contribution in [3.05, 3.63) is 106 Å². The van der Waals surface area contributed by atoms with Gasteiger partial charge < -0.3 is 19.4 Å². The standard InChI is InChI=1S/C35H43Cl2N3O3/c1-38(34(41)27-11-5-3-6-12-27)26-30(29-15-16-32(36)33(37)25-29)17-21-39-22-18-31(19-23-39)40(20-9-10-24-43-2)35(42)28-13-7-4-8-14-28/h3-8,11-16,25,30-31H,9-10,17-24,26H2,1-2H3. The van der Waals surface area contributed by atoms with Crippen molar-refractivity contribution in [3.8, 4) is 0 Å². The topological polar surface area (TPSA) is 53.1 Å². The van der Waals surface area contributed by atoms with Crippen molar-refractivity contribution in [1.29, 1.82) is 0 Å². The molecule has 1 fully saturated rings. The third-order valence-electron chi connectivity index (χ3n) is 8.35. The third-order valence-corrected chi connectivity index (χ3v) is 9.09. The second-order valence-electron chi connectivity index (χ2n) is 11.3. The number of rotatable bonds is 14. The first kappa shape index (κ1) is 33.0. The number of hydrogen-bond acceptors (Lipinski definition) is 4.